The first-order valence-corrected chi connectivity index (χ1v) is 8.21. The van der Waals surface area contributed by atoms with Crippen molar-refractivity contribution in [2.24, 2.45) is 0 Å². The normalized spacial score (nSPS) is 12.5. The summed E-state index contributed by atoms with van der Waals surface area (Å²) in [7, 11) is 0. The van der Waals surface area contributed by atoms with Crippen molar-refractivity contribution in [3.05, 3.63) is 68.1 Å². The Morgan fingerprint density at radius 2 is 1.79 bits per heavy atom. The van der Waals surface area contributed by atoms with Crippen LogP contribution in [0.25, 0.3) is 0 Å². The van der Waals surface area contributed by atoms with Crippen molar-refractivity contribution >= 4 is 43.5 Å². The van der Waals surface area contributed by atoms with Gasteiger partial charge in [0.2, 0.25) is 0 Å². The van der Waals surface area contributed by atoms with E-state index in [0.717, 1.165) is 15.9 Å². The van der Waals surface area contributed by atoms with Crippen molar-refractivity contribution < 1.29 is 0 Å². The van der Waals surface area contributed by atoms with Crippen LogP contribution in [0.3, 0.4) is 0 Å². The number of hydrogen-bond acceptors (Lipinski definition) is 0. The third-order valence-electron chi connectivity index (χ3n) is 3.28. The molecule has 3 heteroatoms. The van der Waals surface area contributed by atoms with Crippen molar-refractivity contribution in [3.8, 4) is 0 Å². The predicted molar refractivity (Wildman–Crippen MR) is 90.4 cm³/mol. The molecule has 2 rings (SSSR count). The Labute approximate surface area is 136 Å². The first kappa shape index (κ1) is 15.1. The molecular weight excluding hydrogens is 387 g/mol. The lowest BCUT2D eigenvalue weighted by Gasteiger charge is -2.14. The van der Waals surface area contributed by atoms with E-state index in [1.807, 2.05) is 18.2 Å². The predicted octanol–water partition coefficient (Wildman–Crippen LogP) is 6.40. The molecule has 0 N–H and O–H groups in total. The topological polar surface area (TPSA) is 0 Å². The second-order valence-corrected chi connectivity index (χ2v) is 7.15. The van der Waals surface area contributed by atoms with E-state index in [1.165, 1.54) is 22.3 Å². The van der Waals surface area contributed by atoms with Crippen LogP contribution >= 0.6 is 43.5 Å². The van der Waals surface area contributed by atoms with Crippen molar-refractivity contribution in [2.75, 3.05) is 0 Å². The van der Waals surface area contributed by atoms with Gasteiger partial charge in [-0.3, -0.25) is 0 Å². The summed E-state index contributed by atoms with van der Waals surface area (Å²) < 4.78 is 1.09. The van der Waals surface area contributed by atoms with Crippen LogP contribution in [0, 0.1) is 13.8 Å². The average Bonchev–Trinajstić information content (AvgIpc) is 2.36. The second-order valence-electron chi connectivity index (χ2n) is 4.76. The Bertz CT molecular complexity index is 593. The largest absolute Gasteiger partial charge is 0.0843 e. The van der Waals surface area contributed by atoms with Crippen molar-refractivity contribution in [1.29, 1.82) is 0 Å². The number of hydrogen-bond donors (Lipinski definition) is 0. The molecule has 0 amide bonds. The van der Waals surface area contributed by atoms with Crippen molar-refractivity contribution in [1.82, 2.24) is 0 Å². The van der Waals surface area contributed by atoms with Crippen molar-refractivity contribution in [2.45, 2.75) is 25.1 Å². The lowest BCUT2D eigenvalue weighted by Crippen LogP contribution is -1.97. The molecule has 0 spiro atoms. The summed E-state index contributed by atoms with van der Waals surface area (Å²) in [5.74, 6) is 0. The van der Waals surface area contributed by atoms with E-state index in [2.05, 4.69) is 63.9 Å². The Morgan fingerprint density at radius 1 is 1.05 bits per heavy atom. The van der Waals surface area contributed by atoms with Crippen LogP contribution < -0.4 is 0 Å². The summed E-state index contributed by atoms with van der Waals surface area (Å²) in [6.07, 6.45) is 0.945. The molecule has 0 radical (unpaired) electrons. The zero-order valence-corrected chi connectivity index (χ0v) is 14.8. The molecule has 100 valence electrons. The van der Waals surface area contributed by atoms with Crippen LogP contribution in [0.4, 0.5) is 0 Å². The lowest BCUT2D eigenvalue weighted by atomic mass is 10.0. The van der Waals surface area contributed by atoms with Crippen LogP contribution in [0.1, 0.15) is 27.1 Å². The average molecular weight is 403 g/mol. The second kappa shape index (κ2) is 6.43. The maximum Gasteiger partial charge on any atom is 0.0447 e. The van der Waals surface area contributed by atoms with E-state index in [-0.39, 0.29) is 4.83 Å². The minimum absolute atomic E-state index is 0.252. The summed E-state index contributed by atoms with van der Waals surface area (Å²) in [5, 5.41) is 0.766. The highest BCUT2D eigenvalue weighted by atomic mass is 79.9. The van der Waals surface area contributed by atoms with E-state index in [0.29, 0.717) is 0 Å². The highest BCUT2D eigenvalue weighted by Crippen LogP contribution is 2.34. The molecule has 2 aromatic rings. The van der Waals surface area contributed by atoms with E-state index in [4.69, 9.17) is 11.6 Å². The minimum atomic E-state index is 0.252. The van der Waals surface area contributed by atoms with Crippen LogP contribution in [0.5, 0.6) is 0 Å². The van der Waals surface area contributed by atoms with Gasteiger partial charge < -0.3 is 0 Å². The first-order chi connectivity index (χ1) is 8.97. The lowest BCUT2D eigenvalue weighted by molar-refractivity contribution is 0.940. The van der Waals surface area contributed by atoms with E-state index in [1.54, 1.807) is 0 Å². The molecule has 19 heavy (non-hydrogen) atoms. The van der Waals surface area contributed by atoms with Gasteiger partial charge in [-0.25, -0.2) is 0 Å². The zero-order chi connectivity index (χ0) is 14.0. The molecular formula is C16H15Br2Cl. The smallest absolute Gasteiger partial charge is 0.0447 e. The molecule has 0 saturated carbocycles. The molecule has 1 unspecified atom stereocenters. The van der Waals surface area contributed by atoms with Crippen LogP contribution in [0.2, 0.25) is 5.02 Å². The van der Waals surface area contributed by atoms with Gasteiger partial charge in [0.05, 0.1) is 0 Å². The molecule has 0 saturated heterocycles. The monoisotopic (exact) mass is 400 g/mol. The third kappa shape index (κ3) is 3.84. The molecule has 1 atom stereocenters. The Hall–Kier alpha value is -0.310. The summed E-state index contributed by atoms with van der Waals surface area (Å²) >= 11 is 13.4. The van der Waals surface area contributed by atoms with Gasteiger partial charge in [-0.05, 0) is 60.7 Å². The number of halogens is 3. The molecule has 0 heterocycles. The summed E-state index contributed by atoms with van der Waals surface area (Å²) in [5.41, 5.74) is 5.18. The van der Waals surface area contributed by atoms with Crippen LogP contribution in [0.15, 0.2) is 40.9 Å². The van der Waals surface area contributed by atoms with Gasteiger partial charge in [-0.2, -0.15) is 0 Å². The zero-order valence-electron chi connectivity index (χ0n) is 10.9. The van der Waals surface area contributed by atoms with Crippen LogP contribution in [-0.4, -0.2) is 0 Å². The van der Waals surface area contributed by atoms with Gasteiger partial charge in [0.15, 0.2) is 0 Å². The molecule has 0 aromatic heterocycles. The van der Waals surface area contributed by atoms with Crippen LogP contribution in [-0.2, 0) is 6.42 Å². The van der Waals surface area contributed by atoms with Gasteiger partial charge in [-0.1, -0.05) is 61.7 Å². The van der Waals surface area contributed by atoms with E-state index < -0.39 is 0 Å². The summed E-state index contributed by atoms with van der Waals surface area (Å²) in [6, 6.07) is 12.5. The summed E-state index contributed by atoms with van der Waals surface area (Å²) in [6.45, 7) is 4.29. The Kier molecular flexibility index (Phi) is 5.10. The molecule has 0 aliphatic carbocycles. The fraction of sp³-hybridized carbons (Fsp3) is 0.250. The van der Waals surface area contributed by atoms with Gasteiger partial charge in [0.1, 0.15) is 0 Å². The molecule has 0 aliphatic heterocycles. The van der Waals surface area contributed by atoms with Crippen molar-refractivity contribution in [3.63, 3.8) is 0 Å². The fourth-order valence-electron chi connectivity index (χ4n) is 2.00. The van der Waals surface area contributed by atoms with Gasteiger partial charge in [0.25, 0.3) is 0 Å². The Balaban J connectivity index is 2.22. The molecule has 2 aromatic carbocycles. The van der Waals surface area contributed by atoms with Gasteiger partial charge >= 0.3 is 0 Å². The Morgan fingerprint density at radius 3 is 2.47 bits per heavy atom. The minimum Gasteiger partial charge on any atom is -0.0843 e. The fourth-order valence-corrected chi connectivity index (χ4v) is 3.77. The highest BCUT2D eigenvalue weighted by Gasteiger charge is 2.13. The molecule has 0 bridgehead atoms. The van der Waals surface area contributed by atoms with E-state index in [9.17, 15) is 0 Å². The number of rotatable bonds is 3. The number of aryl methyl sites for hydroxylation is 2. The molecule has 0 aliphatic rings. The standard InChI is InChI=1S/C16H15Br2Cl/c1-10-3-4-12(7-11(10)2)8-16(18)14-9-13(19)5-6-15(14)17/h3-7,9,16H,8H2,1-2H3. The SMILES string of the molecule is Cc1ccc(CC(Br)c2cc(Cl)ccc2Br)cc1C. The summed E-state index contributed by atoms with van der Waals surface area (Å²) in [4.78, 5) is 0.252. The number of alkyl halides is 1. The molecule has 0 fully saturated rings. The van der Waals surface area contributed by atoms with Gasteiger partial charge in [-0.15, -0.1) is 0 Å². The van der Waals surface area contributed by atoms with Gasteiger partial charge in [0, 0.05) is 14.3 Å². The number of benzene rings is 2. The quantitative estimate of drug-likeness (QED) is 0.521. The third-order valence-corrected chi connectivity index (χ3v) is 5.06. The van der Waals surface area contributed by atoms with E-state index >= 15 is 0 Å². The molecule has 0 nitrogen and oxygen atoms in total. The maximum atomic E-state index is 6.07. The highest BCUT2D eigenvalue weighted by molar-refractivity contribution is 9.11. The first-order valence-electron chi connectivity index (χ1n) is 6.12. The maximum absolute atomic E-state index is 6.07.